The van der Waals surface area contributed by atoms with E-state index in [-0.39, 0.29) is 22.3 Å². The van der Waals surface area contributed by atoms with Crippen molar-refractivity contribution >= 4 is 34.9 Å². The number of pyridine rings is 1. The van der Waals surface area contributed by atoms with Crippen molar-refractivity contribution in [2.24, 2.45) is 0 Å². The molecule has 1 amide bonds. The number of aromatic nitrogens is 3. The molecule has 0 radical (unpaired) electrons. The van der Waals surface area contributed by atoms with Gasteiger partial charge >= 0.3 is 0 Å². The highest BCUT2D eigenvalue weighted by Gasteiger charge is 2.20. The van der Waals surface area contributed by atoms with Crippen LogP contribution in [-0.2, 0) is 11.3 Å². The zero-order valence-corrected chi connectivity index (χ0v) is 18.7. The zero-order chi connectivity index (χ0) is 23.3. The number of ether oxygens (including phenoxy) is 1. The Morgan fingerprint density at radius 3 is 2.84 bits per heavy atom. The largest absolute Gasteiger partial charge is 0.482 e. The van der Waals surface area contributed by atoms with Gasteiger partial charge in [-0.2, -0.15) is 5.10 Å². The number of hydrogen-bond donors (Lipinski definition) is 3. The van der Waals surface area contributed by atoms with Gasteiger partial charge in [-0.25, -0.2) is 14.9 Å². The van der Waals surface area contributed by atoms with Gasteiger partial charge in [-0.15, -0.1) is 0 Å². The molecule has 8 nitrogen and oxygen atoms in total. The van der Waals surface area contributed by atoms with Crippen molar-refractivity contribution in [1.82, 2.24) is 20.2 Å². The monoisotopic (exact) mass is 481 g/mol. The van der Waals surface area contributed by atoms with Crippen LogP contribution in [0.1, 0.15) is 37.9 Å². The molecule has 2 aromatic heterocycles. The third-order valence-corrected chi connectivity index (χ3v) is 5.52. The maximum Gasteiger partial charge on any atom is 0.243 e. The number of carbonyl (C=O) groups is 1. The molecule has 170 valence electrons. The van der Waals surface area contributed by atoms with Crippen LogP contribution in [0.2, 0.25) is 10.0 Å². The van der Waals surface area contributed by atoms with Crippen molar-refractivity contribution in [1.29, 1.82) is 0 Å². The fourth-order valence-corrected chi connectivity index (χ4v) is 3.80. The number of nitrogens with two attached hydrogens (primary N) is 1. The number of nitrogens with one attached hydrogen (secondary N) is 1. The van der Waals surface area contributed by atoms with Crippen LogP contribution in [-0.4, -0.2) is 25.9 Å². The molecule has 32 heavy (non-hydrogen) atoms. The first-order valence-corrected chi connectivity index (χ1v) is 10.6. The second kappa shape index (κ2) is 10.6. The van der Waals surface area contributed by atoms with Crippen molar-refractivity contribution in [2.75, 3.05) is 5.73 Å². The number of rotatable bonds is 9. The molecular weight excluding hydrogens is 460 g/mol. The molecule has 3 aromatic rings. The lowest BCUT2D eigenvalue weighted by atomic mass is 10.1. The molecule has 1 atom stereocenters. The molecule has 0 fully saturated rings. The van der Waals surface area contributed by atoms with Crippen molar-refractivity contribution in [3.8, 4) is 16.9 Å². The molecule has 0 aliphatic rings. The van der Waals surface area contributed by atoms with E-state index >= 15 is 0 Å². The van der Waals surface area contributed by atoms with E-state index in [2.05, 4.69) is 10.1 Å². The van der Waals surface area contributed by atoms with Crippen LogP contribution in [0.4, 0.5) is 10.2 Å². The van der Waals surface area contributed by atoms with Gasteiger partial charge in [0.15, 0.2) is 11.6 Å². The van der Waals surface area contributed by atoms with Gasteiger partial charge in [0.25, 0.3) is 0 Å². The van der Waals surface area contributed by atoms with Gasteiger partial charge in [0, 0.05) is 47.1 Å². The number of aryl methyl sites for hydroxylation is 1. The summed E-state index contributed by atoms with van der Waals surface area (Å²) in [5, 5.41) is 13.0. The summed E-state index contributed by atoms with van der Waals surface area (Å²) < 4.78 is 21.5. The fourth-order valence-electron chi connectivity index (χ4n) is 3.12. The Morgan fingerprint density at radius 2 is 2.09 bits per heavy atom. The Morgan fingerprint density at radius 1 is 1.31 bits per heavy atom. The van der Waals surface area contributed by atoms with Gasteiger partial charge in [0.2, 0.25) is 5.91 Å². The van der Waals surface area contributed by atoms with Gasteiger partial charge in [-0.3, -0.25) is 14.7 Å². The standard InChI is InChI=1S/C21H22Cl2FN5O3/c1-12(19-15(22)5-6-16(24)20(19)23)32-17-8-13(9-26-21(17)25)14-10-27-29(11-14)7-3-2-4-18(30)28-31/h5-6,8-12,31H,2-4,7H2,1H3,(H2,25,26)(H,28,30). The molecule has 4 N–H and O–H groups in total. The van der Waals surface area contributed by atoms with Gasteiger partial charge < -0.3 is 10.5 Å². The van der Waals surface area contributed by atoms with E-state index in [1.807, 2.05) is 6.20 Å². The second-order valence-corrected chi connectivity index (χ2v) is 7.89. The summed E-state index contributed by atoms with van der Waals surface area (Å²) in [5.74, 6) is -0.541. The average molecular weight is 482 g/mol. The van der Waals surface area contributed by atoms with E-state index in [0.717, 1.165) is 17.5 Å². The number of nitrogens with zero attached hydrogens (tertiary/aromatic N) is 3. The summed E-state index contributed by atoms with van der Waals surface area (Å²) in [7, 11) is 0. The number of unbranched alkanes of at least 4 members (excludes halogenated alkanes) is 1. The van der Waals surface area contributed by atoms with Gasteiger partial charge in [-0.05, 0) is 38.0 Å². The van der Waals surface area contributed by atoms with Gasteiger partial charge in [0.1, 0.15) is 11.9 Å². The summed E-state index contributed by atoms with van der Waals surface area (Å²) in [6.45, 7) is 2.30. The minimum atomic E-state index is -0.677. The number of amides is 1. The quantitative estimate of drug-likeness (QED) is 0.175. The SMILES string of the molecule is CC(Oc1cc(-c2cnn(CCCCC(=O)NO)c2)cnc1N)c1c(Cl)ccc(F)c1Cl. The predicted octanol–water partition coefficient (Wildman–Crippen LogP) is 4.79. The minimum Gasteiger partial charge on any atom is -0.482 e. The van der Waals surface area contributed by atoms with Gasteiger partial charge in [0.05, 0.1) is 11.2 Å². The van der Waals surface area contributed by atoms with Crippen LogP contribution in [0.3, 0.4) is 0 Å². The summed E-state index contributed by atoms with van der Waals surface area (Å²) in [4.78, 5) is 15.2. The molecule has 0 saturated carbocycles. The number of anilines is 1. The molecule has 0 aliphatic heterocycles. The highest BCUT2D eigenvalue weighted by atomic mass is 35.5. The molecule has 1 unspecified atom stereocenters. The van der Waals surface area contributed by atoms with E-state index in [1.54, 1.807) is 35.5 Å². The smallest absolute Gasteiger partial charge is 0.243 e. The molecule has 0 saturated heterocycles. The van der Waals surface area contributed by atoms with E-state index in [1.165, 1.54) is 12.1 Å². The Balaban J connectivity index is 1.72. The molecule has 11 heteroatoms. The normalized spacial score (nSPS) is 11.9. The molecular formula is C21H22Cl2FN5O3. The number of hydrogen-bond acceptors (Lipinski definition) is 6. The van der Waals surface area contributed by atoms with Gasteiger partial charge in [-0.1, -0.05) is 23.2 Å². The minimum absolute atomic E-state index is 0.106. The molecule has 0 spiro atoms. The number of benzene rings is 1. The lowest BCUT2D eigenvalue weighted by Crippen LogP contribution is -2.18. The maximum absolute atomic E-state index is 13.9. The van der Waals surface area contributed by atoms with Crippen LogP contribution >= 0.6 is 23.2 Å². The predicted molar refractivity (Wildman–Crippen MR) is 119 cm³/mol. The lowest BCUT2D eigenvalue weighted by molar-refractivity contribution is -0.129. The Labute approximate surface area is 194 Å². The molecule has 3 rings (SSSR count). The first-order chi connectivity index (χ1) is 15.3. The van der Waals surface area contributed by atoms with Crippen LogP contribution in [0, 0.1) is 5.82 Å². The third kappa shape index (κ3) is 5.67. The molecule has 0 aliphatic carbocycles. The number of hydroxylamine groups is 1. The second-order valence-electron chi connectivity index (χ2n) is 7.11. The van der Waals surface area contributed by atoms with Crippen LogP contribution in [0.25, 0.3) is 11.1 Å². The Bertz CT molecular complexity index is 1110. The molecule has 2 heterocycles. The first kappa shape index (κ1) is 23.8. The van der Waals surface area contributed by atoms with E-state index in [4.69, 9.17) is 38.9 Å². The van der Waals surface area contributed by atoms with Crippen LogP contribution in [0.15, 0.2) is 36.8 Å². The topological polar surface area (TPSA) is 115 Å². The van der Waals surface area contributed by atoms with Crippen molar-refractivity contribution in [3.63, 3.8) is 0 Å². The highest BCUT2D eigenvalue weighted by molar-refractivity contribution is 6.36. The van der Waals surface area contributed by atoms with E-state index in [9.17, 15) is 9.18 Å². The van der Waals surface area contributed by atoms with E-state index in [0.29, 0.717) is 24.3 Å². The number of carbonyl (C=O) groups excluding carboxylic acids is 1. The lowest BCUT2D eigenvalue weighted by Gasteiger charge is -2.19. The Hall–Kier alpha value is -2.88. The van der Waals surface area contributed by atoms with Crippen LogP contribution in [0.5, 0.6) is 5.75 Å². The molecule has 1 aromatic carbocycles. The van der Waals surface area contributed by atoms with Crippen LogP contribution < -0.4 is 16.0 Å². The summed E-state index contributed by atoms with van der Waals surface area (Å²) >= 11 is 12.3. The molecule has 0 bridgehead atoms. The van der Waals surface area contributed by atoms with Crippen molar-refractivity contribution in [2.45, 2.75) is 38.8 Å². The number of halogens is 3. The third-order valence-electron chi connectivity index (χ3n) is 4.80. The first-order valence-electron chi connectivity index (χ1n) is 9.81. The Kier molecular flexibility index (Phi) is 7.89. The van der Waals surface area contributed by atoms with Crippen molar-refractivity contribution < 1.29 is 19.1 Å². The fraction of sp³-hybridized carbons (Fsp3) is 0.286. The van der Waals surface area contributed by atoms with Crippen molar-refractivity contribution in [3.05, 3.63) is 58.2 Å². The number of nitrogen functional groups attached to an aromatic ring is 1. The van der Waals surface area contributed by atoms with E-state index < -0.39 is 17.8 Å². The highest BCUT2D eigenvalue weighted by Crippen LogP contribution is 2.36. The average Bonchev–Trinajstić information content (AvgIpc) is 3.24. The summed E-state index contributed by atoms with van der Waals surface area (Å²) in [5.41, 5.74) is 9.42. The summed E-state index contributed by atoms with van der Waals surface area (Å²) in [6, 6.07) is 4.32. The summed E-state index contributed by atoms with van der Waals surface area (Å²) in [6.07, 6.45) is 6.02. The maximum atomic E-state index is 13.9. The zero-order valence-electron chi connectivity index (χ0n) is 17.2.